The van der Waals surface area contributed by atoms with Gasteiger partial charge in [-0.2, -0.15) is 0 Å². The molecule has 0 radical (unpaired) electrons. The number of hydrogen-bond acceptors (Lipinski definition) is 4. The summed E-state index contributed by atoms with van der Waals surface area (Å²) in [7, 11) is 1.47. The van der Waals surface area contributed by atoms with E-state index in [0.717, 1.165) is 6.42 Å². The highest BCUT2D eigenvalue weighted by molar-refractivity contribution is 6.32. The lowest BCUT2D eigenvalue weighted by atomic mass is 10.1. The molecule has 1 aromatic carbocycles. The lowest BCUT2D eigenvalue weighted by Gasteiger charge is -2.21. The predicted molar refractivity (Wildman–Crippen MR) is 87.6 cm³/mol. The molecule has 0 unspecified atom stereocenters. The maximum absolute atomic E-state index is 12.5. The van der Waals surface area contributed by atoms with E-state index < -0.39 is 5.97 Å². The second-order valence-corrected chi connectivity index (χ2v) is 5.27. The van der Waals surface area contributed by atoms with E-state index in [1.54, 1.807) is 13.0 Å². The number of rotatable bonds is 9. The standard InChI is InChI=1S/C16H22ClNO5/c1-4-8-23-15-12(17)9-11(10-13(15)22-3)16(21)18(5-2)7-6-14(19)20/h9-10H,4-8H2,1-3H3,(H,19,20). The van der Waals surface area contributed by atoms with Crippen molar-refractivity contribution >= 4 is 23.5 Å². The van der Waals surface area contributed by atoms with Crippen molar-refractivity contribution in [2.24, 2.45) is 0 Å². The fourth-order valence-electron chi connectivity index (χ4n) is 2.00. The van der Waals surface area contributed by atoms with Gasteiger partial charge in [0, 0.05) is 18.7 Å². The van der Waals surface area contributed by atoms with E-state index in [2.05, 4.69) is 0 Å². The van der Waals surface area contributed by atoms with Crippen LogP contribution in [0.15, 0.2) is 12.1 Å². The first-order valence-electron chi connectivity index (χ1n) is 7.45. The second-order valence-electron chi connectivity index (χ2n) is 4.87. The van der Waals surface area contributed by atoms with Crippen molar-refractivity contribution in [2.45, 2.75) is 26.7 Å². The molecule has 0 saturated carbocycles. The average molecular weight is 344 g/mol. The van der Waals surface area contributed by atoms with Crippen LogP contribution in [0.4, 0.5) is 0 Å². The molecule has 0 aliphatic heterocycles. The van der Waals surface area contributed by atoms with E-state index in [1.807, 2.05) is 6.92 Å². The zero-order chi connectivity index (χ0) is 17.4. The Morgan fingerprint density at radius 3 is 2.52 bits per heavy atom. The van der Waals surface area contributed by atoms with Gasteiger partial charge in [0.2, 0.25) is 0 Å². The van der Waals surface area contributed by atoms with Crippen LogP contribution in [0.1, 0.15) is 37.0 Å². The highest BCUT2D eigenvalue weighted by atomic mass is 35.5. The van der Waals surface area contributed by atoms with Crippen LogP contribution in [0.25, 0.3) is 0 Å². The molecule has 0 saturated heterocycles. The topological polar surface area (TPSA) is 76.1 Å². The summed E-state index contributed by atoms with van der Waals surface area (Å²) in [4.78, 5) is 24.6. The second kappa shape index (κ2) is 9.25. The molecule has 0 bridgehead atoms. The highest BCUT2D eigenvalue weighted by Gasteiger charge is 2.20. The van der Waals surface area contributed by atoms with Crippen molar-refractivity contribution in [1.82, 2.24) is 4.90 Å². The van der Waals surface area contributed by atoms with Gasteiger partial charge in [-0.3, -0.25) is 9.59 Å². The van der Waals surface area contributed by atoms with Gasteiger partial charge >= 0.3 is 5.97 Å². The number of nitrogens with zero attached hydrogens (tertiary/aromatic N) is 1. The molecule has 0 aromatic heterocycles. The Morgan fingerprint density at radius 2 is 2.00 bits per heavy atom. The van der Waals surface area contributed by atoms with Crippen LogP contribution in [-0.2, 0) is 4.79 Å². The number of amides is 1. The zero-order valence-electron chi connectivity index (χ0n) is 13.6. The van der Waals surface area contributed by atoms with Crippen LogP contribution in [-0.4, -0.2) is 48.7 Å². The molecule has 7 heteroatoms. The van der Waals surface area contributed by atoms with Crippen LogP contribution in [0.3, 0.4) is 0 Å². The van der Waals surface area contributed by atoms with Gasteiger partial charge in [0.05, 0.1) is 25.2 Å². The first-order valence-corrected chi connectivity index (χ1v) is 7.83. The van der Waals surface area contributed by atoms with E-state index in [4.69, 9.17) is 26.2 Å². The summed E-state index contributed by atoms with van der Waals surface area (Å²) < 4.78 is 10.8. The van der Waals surface area contributed by atoms with Gasteiger partial charge < -0.3 is 19.5 Å². The molecule has 6 nitrogen and oxygen atoms in total. The Balaban J connectivity index is 3.04. The Bertz CT molecular complexity index is 562. The number of aliphatic carboxylic acids is 1. The molecule has 23 heavy (non-hydrogen) atoms. The fraction of sp³-hybridized carbons (Fsp3) is 0.500. The monoisotopic (exact) mass is 343 g/mol. The molecule has 1 amide bonds. The molecule has 0 fully saturated rings. The van der Waals surface area contributed by atoms with E-state index in [9.17, 15) is 9.59 Å². The Labute approximate surface area is 140 Å². The lowest BCUT2D eigenvalue weighted by Crippen LogP contribution is -2.32. The molecule has 1 aromatic rings. The van der Waals surface area contributed by atoms with Crippen LogP contribution in [0.2, 0.25) is 5.02 Å². The Hall–Kier alpha value is -1.95. The van der Waals surface area contributed by atoms with Crippen LogP contribution in [0, 0.1) is 0 Å². The highest BCUT2D eigenvalue weighted by Crippen LogP contribution is 2.36. The van der Waals surface area contributed by atoms with Crippen LogP contribution >= 0.6 is 11.6 Å². The lowest BCUT2D eigenvalue weighted by molar-refractivity contribution is -0.137. The van der Waals surface area contributed by atoms with Gasteiger partial charge in [0.1, 0.15) is 0 Å². The number of carbonyl (C=O) groups excluding carboxylic acids is 1. The summed E-state index contributed by atoms with van der Waals surface area (Å²) in [6.45, 7) is 4.79. The number of methoxy groups -OCH3 is 1. The summed E-state index contributed by atoms with van der Waals surface area (Å²) in [5.41, 5.74) is 0.336. The molecule has 0 aliphatic rings. The van der Waals surface area contributed by atoms with E-state index in [1.165, 1.54) is 18.1 Å². The third-order valence-electron chi connectivity index (χ3n) is 3.19. The van der Waals surface area contributed by atoms with Crippen molar-refractivity contribution in [3.8, 4) is 11.5 Å². The number of hydrogen-bond donors (Lipinski definition) is 1. The average Bonchev–Trinajstić information content (AvgIpc) is 2.53. The summed E-state index contributed by atoms with van der Waals surface area (Å²) >= 11 is 6.20. The zero-order valence-corrected chi connectivity index (χ0v) is 14.4. The van der Waals surface area contributed by atoms with Crippen molar-refractivity contribution < 1.29 is 24.2 Å². The summed E-state index contributed by atoms with van der Waals surface area (Å²) in [5.74, 6) is -0.462. The van der Waals surface area contributed by atoms with Gasteiger partial charge in [-0.05, 0) is 25.5 Å². The maximum Gasteiger partial charge on any atom is 0.305 e. The quantitative estimate of drug-likeness (QED) is 0.745. The number of ether oxygens (including phenoxy) is 2. The predicted octanol–water partition coefficient (Wildman–Crippen LogP) is 3.07. The van der Waals surface area contributed by atoms with E-state index in [-0.39, 0.29) is 23.9 Å². The van der Waals surface area contributed by atoms with Gasteiger partial charge in [0.25, 0.3) is 5.91 Å². The Kier molecular flexibility index (Phi) is 7.68. The van der Waals surface area contributed by atoms with Crippen LogP contribution in [0.5, 0.6) is 11.5 Å². The van der Waals surface area contributed by atoms with E-state index in [0.29, 0.717) is 30.2 Å². The molecule has 0 atom stereocenters. The number of carboxylic acids is 1. The molecule has 0 heterocycles. The van der Waals surface area contributed by atoms with Gasteiger partial charge in [-0.15, -0.1) is 0 Å². The third kappa shape index (κ3) is 5.32. The van der Waals surface area contributed by atoms with Crippen LogP contribution < -0.4 is 9.47 Å². The fourth-order valence-corrected chi connectivity index (χ4v) is 2.27. The van der Waals surface area contributed by atoms with Gasteiger partial charge in [-0.25, -0.2) is 0 Å². The summed E-state index contributed by atoms with van der Waals surface area (Å²) in [5, 5.41) is 9.05. The molecule has 0 aliphatic carbocycles. The smallest absolute Gasteiger partial charge is 0.305 e. The molecule has 128 valence electrons. The minimum absolute atomic E-state index is 0.109. The molecule has 1 rings (SSSR count). The first-order chi connectivity index (χ1) is 10.9. The first kappa shape index (κ1) is 19.1. The van der Waals surface area contributed by atoms with Crippen molar-refractivity contribution in [2.75, 3.05) is 26.8 Å². The van der Waals surface area contributed by atoms with Gasteiger partial charge in [0.15, 0.2) is 11.5 Å². The number of carbonyl (C=O) groups is 2. The van der Waals surface area contributed by atoms with Crippen molar-refractivity contribution in [3.63, 3.8) is 0 Å². The largest absolute Gasteiger partial charge is 0.493 e. The molecular weight excluding hydrogens is 322 g/mol. The normalized spacial score (nSPS) is 10.3. The minimum Gasteiger partial charge on any atom is -0.493 e. The Morgan fingerprint density at radius 1 is 1.30 bits per heavy atom. The van der Waals surface area contributed by atoms with Crippen molar-refractivity contribution in [1.29, 1.82) is 0 Å². The number of halogens is 1. The number of carboxylic acid groups (broad SMARTS) is 1. The maximum atomic E-state index is 12.5. The third-order valence-corrected chi connectivity index (χ3v) is 3.47. The SMILES string of the molecule is CCCOc1c(Cl)cc(C(=O)N(CC)CCC(=O)O)cc1OC. The van der Waals surface area contributed by atoms with E-state index >= 15 is 0 Å². The summed E-state index contributed by atoms with van der Waals surface area (Å²) in [6, 6.07) is 3.07. The molecule has 0 spiro atoms. The van der Waals surface area contributed by atoms with Gasteiger partial charge in [-0.1, -0.05) is 18.5 Å². The molecular formula is C16H22ClNO5. The summed E-state index contributed by atoms with van der Waals surface area (Å²) in [6.07, 6.45) is 0.709. The minimum atomic E-state index is -0.949. The number of benzene rings is 1. The molecule has 1 N–H and O–H groups in total. The van der Waals surface area contributed by atoms with Crippen molar-refractivity contribution in [3.05, 3.63) is 22.7 Å².